The summed E-state index contributed by atoms with van der Waals surface area (Å²) in [5.41, 5.74) is 5.86. The van der Waals surface area contributed by atoms with Gasteiger partial charge in [-0.3, -0.25) is 0 Å². The summed E-state index contributed by atoms with van der Waals surface area (Å²) >= 11 is 0. The summed E-state index contributed by atoms with van der Waals surface area (Å²) < 4.78 is 0. The van der Waals surface area contributed by atoms with Crippen LogP contribution in [0.3, 0.4) is 0 Å². The Morgan fingerprint density at radius 3 is 1.60 bits per heavy atom. The van der Waals surface area contributed by atoms with Crippen LogP contribution in [0.5, 0.6) is 0 Å². The average Bonchev–Trinajstić information content (AvgIpc) is 2.26. The third-order valence-electron chi connectivity index (χ3n) is 2.94. The molecule has 0 aromatic heterocycles. The molecule has 0 saturated heterocycles. The van der Waals surface area contributed by atoms with Gasteiger partial charge in [0.2, 0.25) is 0 Å². The monoisotopic (exact) mass is 205 g/mol. The van der Waals surface area contributed by atoms with Crippen LogP contribution in [-0.4, -0.2) is 14.1 Å². The Morgan fingerprint density at radius 2 is 1.33 bits per heavy atom. The average molecular weight is 205 g/mol. The fourth-order valence-corrected chi connectivity index (χ4v) is 2.15. The van der Waals surface area contributed by atoms with Crippen molar-refractivity contribution in [2.75, 3.05) is 19.0 Å². The maximum atomic E-state index is 2.36. The molecule has 1 rings (SSSR count). The van der Waals surface area contributed by atoms with E-state index in [2.05, 4.69) is 51.9 Å². The minimum absolute atomic E-state index is 1.12. The first-order valence-corrected chi connectivity index (χ1v) is 5.95. The Balaban J connectivity index is 3.32. The predicted octanol–water partition coefficient (Wildman–Crippen LogP) is 3.44. The fraction of sp³-hybridized carbons (Fsp3) is 0.571. The van der Waals surface area contributed by atoms with Gasteiger partial charge in [0, 0.05) is 19.8 Å². The molecule has 0 aliphatic rings. The number of nitrogens with zero attached hydrogens (tertiary/aromatic N) is 1. The minimum Gasteiger partial charge on any atom is -0.377 e. The van der Waals surface area contributed by atoms with Crippen LogP contribution in [-0.2, 0) is 19.3 Å². The van der Waals surface area contributed by atoms with Crippen molar-refractivity contribution >= 4 is 5.69 Å². The first-order chi connectivity index (χ1) is 7.13. The molecule has 0 amide bonds. The van der Waals surface area contributed by atoms with Gasteiger partial charge in [0.05, 0.1) is 0 Å². The molecule has 0 saturated carbocycles. The number of benzene rings is 1. The lowest BCUT2D eigenvalue weighted by Crippen LogP contribution is -2.14. The van der Waals surface area contributed by atoms with Crippen molar-refractivity contribution in [1.82, 2.24) is 0 Å². The van der Waals surface area contributed by atoms with Gasteiger partial charge < -0.3 is 4.90 Å². The Hall–Kier alpha value is -0.980. The Labute approximate surface area is 94.1 Å². The Kier molecular flexibility index (Phi) is 4.19. The molecule has 0 radical (unpaired) electrons. The van der Waals surface area contributed by atoms with E-state index in [0.29, 0.717) is 0 Å². The van der Waals surface area contributed by atoms with E-state index in [9.17, 15) is 0 Å². The molecular formula is C14H23N. The molecule has 0 bridgehead atoms. The lowest BCUT2D eigenvalue weighted by Gasteiger charge is -2.22. The van der Waals surface area contributed by atoms with Crippen LogP contribution in [0.15, 0.2) is 12.1 Å². The van der Waals surface area contributed by atoms with E-state index in [0.717, 1.165) is 19.3 Å². The summed E-state index contributed by atoms with van der Waals surface area (Å²) in [4.78, 5) is 2.25. The maximum absolute atomic E-state index is 2.36. The van der Waals surface area contributed by atoms with Crippen molar-refractivity contribution < 1.29 is 0 Å². The molecular weight excluding hydrogens is 182 g/mol. The lowest BCUT2D eigenvalue weighted by molar-refractivity contribution is 0.994. The van der Waals surface area contributed by atoms with Crippen molar-refractivity contribution in [2.45, 2.75) is 40.0 Å². The standard InChI is InChI=1S/C14H23N/c1-6-11-9-12(7-2)14(15(4)5)13(8-3)10-11/h9-10H,6-8H2,1-5H3. The first kappa shape index (κ1) is 12.1. The number of aryl methyl sites for hydroxylation is 3. The number of rotatable bonds is 4. The second kappa shape index (κ2) is 5.20. The molecule has 0 aliphatic heterocycles. The van der Waals surface area contributed by atoms with E-state index in [4.69, 9.17) is 0 Å². The van der Waals surface area contributed by atoms with Gasteiger partial charge in [-0.2, -0.15) is 0 Å². The summed E-state index contributed by atoms with van der Waals surface area (Å²) in [6, 6.07) is 4.71. The minimum atomic E-state index is 1.12. The van der Waals surface area contributed by atoms with Crippen LogP contribution in [0.2, 0.25) is 0 Å². The van der Waals surface area contributed by atoms with E-state index in [-0.39, 0.29) is 0 Å². The molecule has 0 unspecified atom stereocenters. The summed E-state index contributed by atoms with van der Waals surface area (Å²) in [5.74, 6) is 0. The smallest absolute Gasteiger partial charge is 0.0426 e. The highest BCUT2D eigenvalue weighted by Crippen LogP contribution is 2.27. The third kappa shape index (κ3) is 2.53. The molecule has 0 fully saturated rings. The van der Waals surface area contributed by atoms with E-state index in [1.807, 2.05) is 0 Å². The van der Waals surface area contributed by atoms with Crippen molar-refractivity contribution in [3.05, 3.63) is 28.8 Å². The number of hydrogen-bond acceptors (Lipinski definition) is 1. The normalized spacial score (nSPS) is 10.5. The zero-order valence-electron chi connectivity index (χ0n) is 10.7. The van der Waals surface area contributed by atoms with E-state index < -0.39 is 0 Å². The third-order valence-corrected chi connectivity index (χ3v) is 2.94. The Bertz CT molecular complexity index is 301. The van der Waals surface area contributed by atoms with Gasteiger partial charge in [-0.05, 0) is 36.0 Å². The molecule has 1 aromatic rings. The molecule has 1 nitrogen and oxygen atoms in total. The summed E-state index contributed by atoms with van der Waals surface area (Å²) in [6.45, 7) is 6.70. The zero-order chi connectivity index (χ0) is 11.4. The van der Waals surface area contributed by atoms with Gasteiger partial charge in [0.25, 0.3) is 0 Å². The number of hydrogen-bond donors (Lipinski definition) is 0. The van der Waals surface area contributed by atoms with Gasteiger partial charge >= 0.3 is 0 Å². The highest BCUT2D eigenvalue weighted by molar-refractivity contribution is 5.60. The highest BCUT2D eigenvalue weighted by atomic mass is 15.1. The molecule has 0 aliphatic carbocycles. The van der Waals surface area contributed by atoms with Crippen LogP contribution >= 0.6 is 0 Å². The van der Waals surface area contributed by atoms with Gasteiger partial charge in [0.15, 0.2) is 0 Å². The quantitative estimate of drug-likeness (QED) is 0.728. The molecule has 15 heavy (non-hydrogen) atoms. The van der Waals surface area contributed by atoms with E-state index in [1.165, 1.54) is 22.4 Å². The topological polar surface area (TPSA) is 3.24 Å². The molecule has 0 spiro atoms. The van der Waals surface area contributed by atoms with E-state index >= 15 is 0 Å². The van der Waals surface area contributed by atoms with Crippen molar-refractivity contribution in [2.24, 2.45) is 0 Å². The molecule has 0 atom stereocenters. The fourth-order valence-electron chi connectivity index (χ4n) is 2.15. The molecule has 1 aromatic carbocycles. The van der Waals surface area contributed by atoms with Gasteiger partial charge in [-0.15, -0.1) is 0 Å². The number of anilines is 1. The van der Waals surface area contributed by atoms with Crippen LogP contribution < -0.4 is 4.90 Å². The summed E-state index contributed by atoms with van der Waals surface area (Å²) in [6.07, 6.45) is 3.37. The van der Waals surface area contributed by atoms with Crippen LogP contribution in [0.4, 0.5) is 5.69 Å². The SMILES string of the molecule is CCc1cc(CC)c(N(C)C)c(CC)c1. The Morgan fingerprint density at radius 1 is 0.867 bits per heavy atom. The van der Waals surface area contributed by atoms with Crippen LogP contribution in [0.25, 0.3) is 0 Å². The summed E-state index contributed by atoms with van der Waals surface area (Å²) in [7, 11) is 4.28. The van der Waals surface area contributed by atoms with Crippen LogP contribution in [0.1, 0.15) is 37.5 Å². The van der Waals surface area contributed by atoms with Gasteiger partial charge in [-0.1, -0.05) is 32.9 Å². The predicted molar refractivity (Wildman–Crippen MR) is 68.9 cm³/mol. The largest absolute Gasteiger partial charge is 0.377 e. The van der Waals surface area contributed by atoms with E-state index in [1.54, 1.807) is 0 Å². The van der Waals surface area contributed by atoms with Gasteiger partial charge in [-0.25, -0.2) is 0 Å². The summed E-state index contributed by atoms with van der Waals surface area (Å²) in [5, 5.41) is 0. The van der Waals surface area contributed by atoms with Crippen molar-refractivity contribution in [1.29, 1.82) is 0 Å². The molecule has 0 N–H and O–H groups in total. The molecule has 0 heterocycles. The lowest BCUT2D eigenvalue weighted by atomic mass is 9.97. The van der Waals surface area contributed by atoms with Crippen molar-refractivity contribution in [3.63, 3.8) is 0 Å². The molecule has 84 valence electrons. The maximum Gasteiger partial charge on any atom is 0.0426 e. The highest BCUT2D eigenvalue weighted by Gasteiger charge is 2.09. The molecule has 1 heteroatoms. The van der Waals surface area contributed by atoms with Gasteiger partial charge in [0.1, 0.15) is 0 Å². The zero-order valence-corrected chi connectivity index (χ0v) is 10.7. The van der Waals surface area contributed by atoms with Crippen LogP contribution in [0, 0.1) is 0 Å². The van der Waals surface area contributed by atoms with Crippen molar-refractivity contribution in [3.8, 4) is 0 Å². The second-order valence-corrected chi connectivity index (χ2v) is 4.22. The second-order valence-electron chi connectivity index (χ2n) is 4.22. The first-order valence-electron chi connectivity index (χ1n) is 5.95.